The Morgan fingerprint density at radius 1 is 1.14 bits per heavy atom. The summed E-state index contributed by atoms with van der Waals surface area (Å²) >= 11 is 3.02. The first-order chi connectivity index (χ1) is 14.2. The summed E-state index contributed by atoms with van der Waals surface area (Å²) in [6.45, 7) is 6.64. The number of benzene rings is 1. The SMILES string of the molecule is Cc1nnsc1-c1nc(-c2ccc3cccc(CCN4CCC[C@H]4C)c3n2)cs1. The van der Waals surface area contributed by atoms with Gasteiger partial charge in [-0.2, -0.15) is 0 Å². The normalized spacial score (nSPS) is 17.4. The van der Waals surface area contributed by atoms with Crippen molar-refractivity contribution in [2.45, 2.75) is 39.2 Å². The van der Waals surface area contributed by atoms with Crippen molar-refractivity contribution in [3.63, 3.8) is 0 Å². The lowest BCUT2D eigenvalue weighted by molar-refractivity contribution is 0.272. The van der Waals surface area contributed by atoms with E-state index in [1.54, 1.807) is 11.3 Å². The predicted octanol–water partition coefficient (Wildman–Crippen LogP) is 5.21. The fourth-order valence-electron chi connectivity index (χ4n) is 4.07. The Morgan fingerprint density at radius 3 is 2.86 bits per heavy atom. The van der Waals surface area contributed by atoms with Crippen LogP contribution in [0.1, 0.15) is 31.0 Å². The number of thiazole rings is 1. The number of para-hydroxylation sites is 1. The second-order valence-corrected chi connectivity index (χ2v) is 9.30. The van der Waals surface area contributed by atoms with E-state index in [1.165, 1.54) is 41.9 Å². The largest absolute Gasteiger partial charge is 0.300 e. The Balaban J connectivity index is 1.45. The van der Waals surface area contributed by atoms with Gasteiger partial charge in [0, 0.05) is 23.4 Å². The predicted molar refractivity (Wildman–Crippen MR) is 120 cm³/mol. The van der Waals surface area contributed by atoms with Gasteiger partial charge < -0.3 is 4.90 Å². The highest BCUT2D eigenvalue weighted by molar-refractivity contribution is 7.18. The summed E-state index contributed by atoms with van der Waals surface area (Å²) < 4.78 is 4.03. The van der Waals surface area contributed by atoms with Crippen LogP contribution in [-0.2, 0) is 6.42 Å². The number of aromatic nitrogens is 4. The first kappa shape index (κ1) is 18.8. The average Bonchev–Trinajstić information content (AvgIpc) is 3.47. The third-order valence-electron chi connectivity index (χ3n) is 5.78. The zero-order valence-electron chi connectivity index (χ0n) is 16.6. The smallest absolute Gasteiger partial charge is 0.137 e. The molecule has 1 saturated heterocycles. The number of pyridine rings is 1. The average molecular weight is 422 g/mol. The molecule has 5 nitrogen and oxygen atoms in total. The number of rotatable bonds is 5. The number of hydrogen-bond donors (Lipinski definition) is 0. The van der Waals surface area contributed by atoms with E-state index in [4.69, 9.17) is 9.97 Å². The number of aryl methyl sites for hydroxylation is 1. The molecule has 3 aromatic heterocycles. The van der Waals surface area contributed by atoms with Crippen molar-refractivity contribution in [3.8, 4) is 21.3 Å². The van der Waals surface area contributed by atoms with Crippen LogP contribution in [0.5, 0.6) is 0 Å². The van der Waals surface area contributed by atoms with Crippen LogP contribution >= 0.6 is 22.9 Å². The summed E-state index contributed by atoms with van der Waals surface area (Å²) in [6.07, 6.45) is 3.67. The monoisotopic (exact) mass is 421 g/mol. The molecular weight excluding hydrogens is 398 g/mol. The van der Waals surface area contributed by atoms with E-state index in [9.17, 15) is 0 Å². The van der Waals surface area contributed by atoms with Gasteiger partial charge in [0.2, 0.25) is 0 Å². The Kier molecular flexibility index (Phi) is 5.11. The highest BCUT2D eigenvalue weighted by Crippen LogP contribution is 2.32. The van der Waals surface area contributed by atoms with Gasteiger partial charge >= 0.3 is 0 Å². The molecule has 1 aliphatic rings. The molecule has 148 valence electrons. The Hall–Kier alpha value is -2.22. The molecular formula is C22H23N5S2. The number of fused-ring (bicyclic) bond motifs is 1. The molecule has 5 rings (SSSR count). The van der Waals surface area contributed by atoms with Gasteiger partial charge in [0.1, 0.15) is 15.6 Å². The quantitative estimate of drug-likeness (QED) is 0.443. The molecule has 1 atom stereocenters. The summed E-state index contributed by atoms with van der Waals surface area (Å²) in [4.78, 5) is 13.5. The molecule has 0 amide bonds. The highest BCUT2D eigenvalue weighted by atomic mass is 32.1. The maximum absolute atomic E-state index is 5.02. The van der Waals surface area contributed by atoms with E-state index in [2.05, 4.69) is 57.1 Å². The van der Waals surface area contributed by atoms with E-state index >= 15 is 0 Å². The topological polar surface area (TPSA) is 54.8 Å². The molecule has 4 aromatic rings. The lowest BCUT2D eigenvalue weighted by Crippen LogP contribution is -2.29. The summed E-state index contributed by atoms with van der Waals surface area (Å²) in [7, 11) is 0. The van der Waals surface area contributed by atoms with Gasteiger partial charge in [0.15, 0.2) is 0 Å². The Morgan fingerprint density at radius 2 is 2.07 bits per heavy atom. The number of likely N-dealkylation sites (tertiary alicyclic amines) is 1. The van der Waals surface area contributed by atoms with Crippen molar-refractivity contribution in [1.82, 2.24) is 24.5 Å². The molecule has 1 aromatic carbocycles. The highest BCUT2D eigenvalue weighted by Gasteiger charge is 2.20. The Bertz CT molecular complexity index is 1150. The number of nitrogens with zero attached hydrogens (tertiary/aromatic N) is 5. The number of hydrogen-bond acceptors (Lipinski definition) is 7. The summed E-state index contributed by atoms with van der Waals surface area (Å²) in [6, 6.07) is 11.5. The minimum absolute atomic E-state index is 0.701. The summed E-state index contributed by atoms with van der Waals surface area (Å²) in [5.41, 5.74) is 5.20. The van der Waals surface area contributed by atoms with Crippen LogP contribution in [0.3, 0.4) is 0 Å². The van der Waals surface area contributed by atoms with E-state index < -0.39 is 0 Å². The fourth-order valence-corrected chi connectivity index (χ4v) is 5.67. The molecule has 0 spiro atoms. The molecule has 29 heavy (non-hydrogen) atoms. The molecule has 4 heterocycles. The first-order valence-corrected chi connectivity index (χ1v) is 11.7. The molecule has 0 N–H and O–H groups in total. The van der Waals surface area contributed by atoms with E-state index in [1.807, 2.05) is 6.92 Å². The van der Waals surface area contributed by atoms with Gasteiger partial charge in [-0.05, 0) is 62.8 Å². The Labute approximate surface area is 178 Å². The van der Waals surface area contributed by atoms with Crippen molar-refractivity contribution in [2.75, 3.05) is 13.1 Å². The van der Waals surface area contributed by atoms with Crippen molar-refractivity contribution in [1.29, 1.82) is 0 Å². The van der Waals surface area contributed by atoms with Gasteiger partial charge in [-0.15, -0.1) is 16.4 Å². The van der Waals surface area contributed by atoms with Gasteiger partial charge in [-0.1, -0.05) is 28.8 Å². The van der Waals surface area contributed by atoms with E-state index in [-0.39, 0.29) is 0 Å². The van der Waals surface area contributed by atoms with Gasteiger partial charge in [-0.25, -0.2) is 9.97 Å². The second-order valence-electron chi connectivity index (χ2n) is 7.69. The van der Waals surface area contributed by atoms with Crippen molar-refractivity contribution in [2.24, 2.45) is 0 Å². The third kappa shape index (κ3) is 3.70. The van der Waals surface area contributed by atoms with Gasteiger partial charge in [-0.3, -0.25) is 0 Å². The first-order valence-electron chi connectivity index (χ1n) is 10.1. The van der Waals surface area contributed by atoms with Crippen molar-refractivity contribution >= 4 is 33.8 Å². The second kappa shape index (κ2) is 7.89. The lowest BCUT2D eigenvalue weighted by atomic mass is 10.1. The fraction of sp³-hybridized carbons (Fsp3) is 0.364. The van der Waals surface area contributed by atoms with Crippen LogP contribution in [0.25, 0.3) is 32.2 Å². The molecule has 1 aliphatic heterocycles. The summed E-state index contributed by atoms with van der Waals surface area (Å²) in [5, 5.41) is 8.34. The van der Waals surface area contributed by atoms with Crippen LogP contribution in [0.15, 0.2) is 35.7 Å². The maximum atomic E-state index is 5.02. The molecule has 0 saturated carbocycles. The minimum atomic E-state index is 0.701. The van der Waals surface area contributed by atoms with Crippen LogP contribution in [0.2, 0.25) is 0 Å². The zero-order valence-corrected chi connectivity index (χ0v) is 18.3. The zero-order chi connectivity index (χ0) is 19.8. The van der Waals surface area contributed by atoms with E-state index in [0.717, 1.165) is 45.4 Å². The molecule has 0 bridgehead atoms. The van der Waals surface area contributed by atoms with Crippen LogP contribution < -0.4 is 0 Å². The van der Waals surface area contributed by atoms with Crippen molar-refractivity contribution in [3.05, 3.63) is 47.0 Å². The van der Waals surface area contributed by atoms with Gasteiger partial charge in [0.25, 0.3) is 0 Å². The van der Waals surface area contributed by atoms with E-state index in [0.29, 0.717) is 6.04 Å². The standard InChI is InChI=1S/C22H23N5S2/c1-14-5-4-11-27(14)12-10-17-7-3-6-16-8-9-18(23-20(16)17)19-13-28-22(24-19)21-15(2)25-26-29-21/h3,6-9,13-14H,4-5,10-12H2,1-2H3/t14-/m1/s1. The van der Waals surface area contributed by atoms with Crippen LogP contribution in [0, 0.1) is 6.92 Å². The summed E-state index contributed by atoms with van der Waals surface area (Å²) in [5.74, 6) is 0. The minimum Gasteiger partial charge on any atom is -0.300 e. The van der Waals surface area contributed by atoms with Crippen molar-refractivity contribution < 1.29 is 0 Å². The maximum Gasteiger partial charge on any atom is 0.137 e. The molecule has 0 unspecified atom stereocenters. The third-order valence-corrected chi connectivity index (χ3v) is 7.60. The molecule has 0 aliphatic carbocycles. The molecule has 0 radical (unpaired) electrons. The van der Waals surface area contributed by atoms with Gasteiger partial charge in [0.05, 0.1) is 16.9 Å². The molecule has 7 heteroatoms. The molecule has 1 fully saturated rings. The van der Waals surface area contributed by atoms with Crippen LogP contribution in [-0.4, -0.2) is 43.6 Å². The van der Waals surface area contributed by atoms with Crippen LogP contribution in [0.4, 0.5) is 0 Å². The lowest BCUT2D eigenvalue weighted by Gasteiger charge is -2.21.